The van der Waals surface area contributed by atoms with Crippen LogP contribution in [-0.2, 0) is 17.7 Å². The standard InChI is InChI=1S/C25H33N3O3/c1-30-24-7-5-21(6-8-24)9-10-26-11-13-28(14-12-26)25(29)23-4-2-3-22(19-23)20-27-15-17-31-18-16-27/h2-8,19H,9-18,20H2,1H3. The van der Waals surface area contributed by atoms with Gasteiger partial charge in [-0.15, -0.1) is 0 Å². The van der Waals surface area contributed by atoms with Crippen molar-refractivity contribution in [2.45, 2.75) is 13.0 Å². The Morgan fingerprint density at radius 2 is 1.65 bits per heavy atom. The third-order valence-corrected chi connectivity index (χ3v) is 6.22. The highest BCUT2D eigenvalue weighted by molar-refractivity contribution is 5.94. The second-order valence-corrected chi connectivity index (χ2v) is 8.32. The highest BCUT2D eigenvalue weighted by Crippen LogP contribution is 2.15. The van der Waals surface area contributed by atoms with E-state index in [1.807, 2.05) is 29.2 Å². The van der Waals surface area contributed by atoms with Crippen molar-refractivity contribution in [3.8, 4) is 5.75 Å². The minimum absolute atomic E-state index is 0.152. The molecule has 0 aliphatic carbocycles. The zero-order valence-corrected chi connectivity index (χ0v) is 18.5. The molecule has 31 heavy (non-hydrogen) atoms. The predicted molar refractivity (Wildman–Crippen MR) is 122 cm³/mol. The summed E-state index contributed by atoms with van der Waals surface area (Å²) in [7, 11) is 1.69. The highest BCUT2D eigenvalue weighted by Gasteiger charge is 2.22. The van der Waals surface area contributed by atoms with Gasteiger partial charge in [0.2, 0.25) is 0 Å². The first-order chi connectivity index (χ1) is 15.2. The molecule has 0 aromatic heterocycles. The van der Waals surface area contributed by atoms with E-state index in [1.54, 1.807) is 7.11 Å². The van der Waals surface area contributed by atoms with Crippen molar-refractivity contribution in [3.05, 3.63) is 65.2 Å². The lowest BCUT2D eigenvalue weighted by atomic mass is 10.1. The Labute approximate surface area is 185 Å². The van der Waals surface area contributed by atoms with Crippen LogP contribution in [0.1, 0.15) is 21.5 Å². The number of rotatable bonds is 7. The number of nitrogens with zero attached hydrogens (tertiary/aromatic N) is 3. The van der Waals surface area contributed by atoms with Gasteiger partial charge in [0.15, 0.2) is 0 Å². The lowest BCUT2D eigenvalue weighted by Gasteiger charge is -2.35. The molecular weight excluding hydrogens is 390 g/mol. The largest absolute Gasteiger partial charge is 0.497 e. The van der Waals surface area contributed by atoms with Crippen LogP contribution in [0.25, 0.3) is 0 Å². The van der Waals surface area contributed by atoms with Crippen molar-refractivity contribution >= 4 is 5.91 Å². The third-order valence-electron chi connectivity index (χ3n) is 6.22. The molecular formula is C25H33N3O3. The van der Waals surface area contributed by atoms with E-state index < -0.39 is 0 Å². The number of benzene rings is 2. The van der Waals surface area contributed by atoms with Crippen LogP contribution < -0.4 is 4.74 Å². The molecule has 4 rings (SSSR count). The second kappa shape index (κ2) is 10.8. The molecule has 0 unspecified atom stereocenters. The van der Waals surface area contributed by atoms with Crippen LogP contribution >= 0.6 is 0 Å². The Hall–Kier alpha value is -2.41. The molecule has 0 N–H and O–H groups in total. The van der Waals surface area contributed by atoms with Gasteiger partial charge in [-0.1, -0.05) is 24.3 Å². The fourth-order valence-electron chi connectivity index (χ4n) is 4.26. The first-order valence-electron chi connectivity index (χ1n) is 11.2. The van der Waals surface area contributed by atoms with E-state index in [2.05, 4.69) is 34.1 Å². The van der Waals surface area contributed by atoms with Gasteiger partial charge in [0.1, 0.15) is 5.75 Å². The molecule has 2 aliphatic heterocycles. The summed E-state index contributed by atoms with van der Waals surface area (Å²) in [6.07, 6.45) is 1.02. The summed E-state index contributed by atoms with van der Waals surface area (Å²) < 4.78 is 10.7. The van der Waals surface area contributed by atoms with E-state index in [4.69, 9.17) is 9.47 Å². The van der Waals surface area contributed by atoms with Crippen molar-refractivity contribution < 1.29 is 14.3 Å². The SMILES string of the molecule is COc1ccc(CCN2CCN(C(=O)c3cccc(CN4CCOCC4)c3)CC2)cc1. The van der Waals surface area contributed by atoms with Gasteiger partial charge in [0.25, 0.3) is 5.91 Å². The van der Waals surface area contributed by atoms with E-state index in [0.29, 0.717) is 0 Å². The van der Waals surface area contributed by atoms with E-state index >= 15 is 0 Å². The highest BCUT2D eigenvalue weighted by atomic mass is 16.5. The molecule has 2 heterocycles. The zero-order chi connectivity index (χ0) is 21.5. The van der Waals surface area contributed by atoms with E-state index in [-0.39, 0.29) is 5.91 Å². The summed E-state index contributed by atoms with van der Waals surface area (Å²) >= 11 is 0. The van der Waals surface area contributed by atoms with Gasteiger partial charge in [0, 0.05) is 57.9 Å². The number of carbonyl (C=O) groups excluding carboxylic acids is 1. The number of piperazine rings is 1. The Morgan fingerprint density at radius 1 is 0.903 bits per heavy atom. The molecule has 6 nitrogen and oxygen atoms in total. The lowest BCUT2D eigenvalue weighted by Crippen LogP contribution is -2.49. The van der Waals surface area contributed by atoms with Crippen LogP contribution in [0.2, 0.25) is 0 Å². The van der Waals surface area contributed by atoms with Crippen LogP contribution in [-0.4, -0.2) is 86.7 Å². The van der Waals surface area contributed by atoms with Gasteiger partial charge >= 0.3 is 0 Å². The smallest absolute Gasteiger partial charge is 0.253 e. The van der Waals surface area contributed by atoms with Crippen molar-refractivity contribution in [3.63, 3.8) is 0 Å². The van der Waals surface area contributed by atoms with Gasteiger partial charge in [-0.05, 0) is 41.8 Å². The Morgan fingerprint density at radius 3 is 2.35 bits per heavy atom. The minimum atomic E-state index is 0.152. The van der Waals surface area contributed by atoms with Crippen LogP contribution in [0.15, 0.2) is 48.5 Å². The van der Waals surface area contributed by atoms with Crippen LogP contribution in [0.5, 0.6) is 5.75 Å². The second-order valence-electron chi connectivity index (χ2n) is 8.32. The molecule has 0 saturated carbocycles. The monoisotopic (exact) mass is 423 g/mol. The topological polar surface area (TPSA) is 45.2 Å². The van der Waals surface area contributed by atoms with Crippen molar-refractivity contribution in [1.29, 1.82) is 0 Å². The summed E-state index contributed by atoms with van der Waals surface area (Å²) in [4.78, 5) is 19.9. The Balaban J connectivity index is 1.25. The summed E-state index contributed by atoms with van der Waals surface area (Å²) in [6.45, 7) is 8.82. The van der Waals surface area contributed by atoms with Crippen LogP contribution in [0.4, 0.5) is 0 Å². The van der Waals surface area contributed by atoms with Crippen LogP contribution in [0.3, 0.4) is 0 Å². The number of morpholine rings is 1. The van der Waals surface area contributed by atoms with Gasteiger partial charge in [-0.25, -0.2) is 0 Å². The quantitative estimate of drug-likeness (QED) is 0.685. The average Bonchev–Trinajstić information content (AvgIpc) is 2.84. The molecule has 1 amide bonds. The molecule has 0 radical (unpaired) electrons. The molecule has 166 valence electrons. The number of methoxy groups -OCH3 is 1. The number of carbonyl (C=O) groups is 1. The maximum atomic E-state index is 13.1. The van der Waals surface area contributed by atoms with Crippen molar-refractivity contribution in [2.24, 2.45) is 0 Å². The molecule has 0 spiro atoms. The zero-order valence-electron chi connectivity index (χ0n) is 18.5. The molecule has 2 saturated heterocycles. The first-order valence-corrected chi connectivity index (χ1v) is 11.2. The van der Waals surface area contributed by atoms with Crippen molar-refractivity contribution in [2.75, 3.05) is 66.1 Å². The van der Waals surface area contributed by atoms with Gasteiger partial charge in [0.05, 0.1) is 20.3 Å². The fraction of sp³-hybridized carbons (Fsp3) is 0.480. The van der Waals surface area contributed by atoms with E-state index in [1.165, 1.54) is 11.1 Å². The summed E-state index contributed by atoms with van der Waals surface area (Å²) in [6, 6.07) is 16.4. The molecule has 6 heteroatoms. The Bertz CT molecular complexity index is 841. The van der Waals surface area contributed by atoms with Gasteiger partial charge in [-0.3, -0.25) is 14.6 Å². The normalized spacial score (nSPS) is 18.2. The maximum absolute atomic E-state index is 13.1. The minimum Gasteiger partial charge on any atom is -0.497 e. The number of hydrogen-bond donors (Lipinski definition) is 0. The maximum Gasteiger partial charge on any atom is 0.253 e. The molecule has 0 bridgehead atoms. The first kappa shape index (κ1) is 21.8. The average molecular weight is 424 g/mol. The van der Waals surface area contributed by atoms with Gasteiger partial charge in [-0.2, -0.15) is 0 Å². The van der Waals surface area contributed by atoms with E-state index in [9.17, 15) is 4.79 Å². The predicted octanol–water partition coefficient (Wildman–Crippen LogP) is 2.53. The molecule has 2 aromatic rings. The number of hydrogen-bond acceptors (Lipinski definition) is 5. The number of amides is 1. The van der Waals surface area contributed by atoms with Gasteiger partial charge < -0.3 is 14.4 Å². The fourth-order valence-corrected chi connectivity index (χ4v) is 4.26. The molecule has 0 atom stereocenters. The van der Waals surface area contributed by atoms with Crippen molar-refractivity contribution in [1.82, 2.24) is 14.7 Å². The van der Waals surface area contributed by atoms with Crippen LogP contribution in [0, 0.1) is 0 Å². The Kier molecular flexibility index (Phi) is 7.57. The summed E-state index contributed by atoms with van der Waals surface area (Å²) in [5, 5.41) is 0. The van der Waals surface area contributed by atoms with E-state index in [0.717, 1.165) is 83.3 Å². The molecule has 2 aliphatic rings. The third kappa shape index (κ3) is 6.06. The number of ether oxygens (including phenoxy) is 2. The molecule has 2 fully saturated rings. The lowest BCUT2D eigenvalue weighted by molar-refractivity contribution is 0.0341. The molecule has 2 aromatic carbocycles. The summed E-state index contributed by atoms with van der Waals surface area (Å²) in [5.74, 6) is 1.04. The summed E-state index contributed by atoms with van der Waals surface area (Å²) in [5.41, 5.74) is 3.32.